The fourth-order valence-electron chi connectivity index (χ4n) is 2.70. The topological polar surface area (TPSA) is 65.1 Å². The summed E-state index contributed by atoms with van der Waals surface area (Å²) in [6.07, 6.45) is -0.335. The van der Waals surface area contributed by atoms with Crippen LogP contribution in [-0.2, 0) is 25.6 Å². The molecule has 1 aliphatic rings. The highest BCUT2D eigenvalue weighted by Gasteiger charge is 2.42. The lowest BCUT2D eigenvalue weighted by Gasteiger charge is -2.27. The summed E-state index contributed by atoms with van der Waals surface area (Å²) in [4.78, 5) is 26.5. The van der Waals surface area contributed by atoms with Crippen LogP contribution in [0.2, 0.25) is 0 Å². The van der Waals surface area contributed by atoms with Crippen LogP contribution in [0.4, 0.5) is 4.79 Å². The van der Waals surface area contributed by atoms with E-state index in [2.05, 4.69) is 15.9 Å². The monoisotopic (exact) mass is 427 g/mol. The molecular weight excluding hydrogens is 402 g/mol. The molecule has 6 nitrogen and oxygen atoms in total. The fraction of sp³-hybridized carbons (Fsp3) is 0.579. The summed E-state index contributed by atoms with van der Waals surface area (Å²) in [5.74, 6) is -0.440. The van der Waals surface area contributed by atoms with E-state index in [-0.39, 0.29) is 12.7 Å². The molecule has 0 aromatic heterocycles. The molecule has 144 valence electrons. The van der Waals surface area contributed by atoms with Crippen molar-refractivity contribution in [3.05, 3.63) is 35.9 Å². The first-order chi connectivity index (χ1) is 12.3. The highest BCUT2D eigenvalue weighted by atomic mass is 79.9. The lowest BCUT2D eigenvalue weighted by molar-refractivity contribution is -0.150. The van der Waals surface area contributed by atoms with Crippen LogP contribution in [0.25, 0.3) is 0 Å². The van der Waals surface area contributed by atoms with Gasteiger partial charge in [-0.15, -0.1) is 0 Å². The van der Waals surface area contributed by atoms with Gasteiger partial charge in [-0.05, 0) is 26.3 Å². The molecule has 0 N–H and O–H groups in total. The average Bonchev–Trinajstić information content (AvgIpc) is 3.02. The summed E-state index contributed by atoms with van der Waals surface area (Å²) in [7, 11) is 0. The first-order valence-corrected chi connectivity index (χ1v) is 9.80. The van der Waals surface area contributed by atoms with E-state index in [1.165, 1.54) is 4.90 Å². The van der Waals surface area contributed by atoms with Gasteiger partial charge in [-0.1, -0.05) is 46.3 Å². The summed E-state index contributed by atoms with van der Waals surface area (Å²) in [6.45, 7) is 6.38. The third kappa shape index (κ3) is 6.29. The van der Waals surface area contributed by atoms with E-state index < -0.39 is 23.7 Å². The number of hydrogen-bond acceptors (Lipinski definition) is 5. The Hall–Kier alpha value is -1.60. The van der Waals surface area contributed by atoms with Gasteiger partial charge in [-0.2, -0.15) is 0 Å². The molecule has 1 saturated heterocycles. The van der Waals surface area contributed by atoms with Gasteiger partial charge in [-0.25, -0.2) is 9.59 Å². The second-order valence-electron chi connectivity index (χ2n) is 7.16. The van der Waals surface area contributed by atoms with Crippen molar-refractivity contribution < 1.29 is 23.8 Å². The Labute approximate surface area is 162 Å². The summed E-state index contributed by atoms with van der Waals surface area (Å²) in [5.41, 5.74) is 0.263. The second-order valence-corrected chi connectivity index (χ2v) is 7.95. The van der Waals surface area contributed by atoms with Gasteiger partial charge in [0.2, 0.25) is 0 Å². The Morgan fingerprint density at radius 1 is 1.23 bits per heavy atom. The van der Waals surface area contributed by atoms with Gasteiger partial charge in [-0.3, -0.25) is 4.90 Å². The number of likely N-dealkylation sites (tertiary alicyclic amines) is 1. The predicted octanol–water partition coefficient (Wildman–Crippen LogP) is 3.52. The molecule has 0 bridgehead atoms. The van der Waals surface area contributed by atoms with E-state index >= 15 is 0 Å². The van der Waals surface area contributed by atoms with Crippen LogP contribution < -0.4 is 0 Å². The number of carbonyl (C=O) groups is 2. The van der Waals surface area contributed by atoms with Gasteiger partial charge in [0.15, 0.2) is 0 Å². The van der Waals surface area contributed by atoms with Gasteiger partial charge in [0.1, 0.15) is 18.2 Å². The van der Waals surface area contributed by atoms with E-state index in [0.717, 1.165) is 5.56 Å². The summed E-state index contributed by atoms with van der Waals surface area (Å²) >= 11 is 3.31. The zero-order valence-corrected chi connectivity index (χ0v) is 17.0. The zero-order chi connectivity index (χ0) is 19.2. The number of ether oxygens (including phenoxy) is 3. The molecule has 26 heavy (non-hydrogen) atoms. The SMILES string of the molecule is CC(C)(C)OC(=O)N1C[C@H](OCCBr)C[C@H]1C(=O)OCc1ccccc1. The van der Waals surface area contributed by atoms with Crippen LogP contribution in [0.15, 0.2) is 30.3 Å². The molecule has 1 aliphatic heterocycles. The first kappa shape index (κ1) is 20.7. The molecule has 1 heterocycles. The molecule has 0 unspecified atom stereocenters. The summed E-state index contributed by atoms with van der Waals surface area (Å²) < 4.78 is 16.6. The van der Waals surface area contributed by atoms with Gasteiger partial charge < -0.3 is 14.2 Å². The highest BCUT2D eigenvalue weighted by molar-refractivity contribution is 9.09. The average molecular weight is 428 g/mol. The minimum absolute atomic E-state index is 0.172. The summed E-state index contributed by atoms with van der Waals surface area (Å²) in [5, 5.41) is 0.694. The van der Waals surface area contributed by atoms with Crippen molar-refractivity contribution in [3.8, 4) is 0 Å². The number of nitrogens with zero attached hydrogens (tertiary/aromatic N) is 1. The molecule has 2 rings (SSSR count). The van der Waals surface area contributed by atoms with Crippen molar-refractivity contribution in [2.75, 3.05) is 18.5 Å². The Bertz CT molecular complexity index is 602. The standard InChI is InChI=1S/C19H26BrNO5/c1-19(2,3)26-18(23)21-12-15(24-10-9-20)11-16(21)17(22)25-13-14-7-5-4-6-8-14/h4-8,15-16H,9-13H2,1-3H3/t15-,16+/m1/s1. The number of carbonyl (C=O) groups excluding carboxylic acids is 2. The van der Waals surface area contributed by atoms with E-state index in [1.807, 2.05) is 30.3 Å². The molecular formula is C19H26BrNO5. The molecule has 0 spiro atoms. The van der Waals surface area contributed by atoms with Crippen molar-refractivity contribution in [1.82, 2.24) is 4.90 Å². The molecule has 7 heteroatoms. The summed E-state index contributed by atoms with van der Waals surface area (Å²) in [6, 6.07) is 8.74. The Morgan fingerprint density at radius 3 is 2.54 bits per heavy atom. The molecule has 1 fully saturated rings. The van der Waals surface area contributed by atoms with E-state index in [1.54, 1.807) is 20.8 Å². The van der Waals surface area contributed by atoms with E-state index in [0.29, 0.717) is 24.9 Å². The smallest absolute Gasteiger partial charge is 0.411 e. The second kappa shape index (κ2) is 9.37. The quantitative estimate of drug-likeness (QED) is 0.513. The van der Waals surface area contributed by atoms with Gasteiger partial charge in [0.25, 0.3) is 0 Å². The zero-order valence-electron chi connectivity index (χ0n) is 15.4. The Morgan fingerprint density at radius 2 is 1.92 bits per heavy atom. The van der Waals surface area contributed by atoms with Crippen molar-refractivity contribution in [3.63, 3.8) is 0 Å². The largest absolute Gasteiger partial charge is 0.459 e. The van der Waals surface area contributed by atoms with Crippen LogP contribution in [0.1, 0.15) is 32.8 Å². The maximum atomic E-state index is 12.6. The maximum absolute atomic E-state index is 12.6. The number of hydrogen-bond donors (Lipinski definition) is 0. The Kier molecular flexibility index (Phi) is 7.46. The van der Waals surface area contributed by atoms with Gasteiger partial charge in [0.05, 0.1) is 19.3 Å². The van der Waals surface area contributed by atoms with Crippen molar-refractivity contribution >= 4 is 28.0 Å². The molecule has 0 radical (unpaired) electrons. The van der Waals surface area contributed by atoms with Gasteiger partial charge >= 0.3 is 12.1 Å². The molecule has 0 aliphatic carbocycles. The molecule has 1 amide bonds. The molecule has 0 saturated carbocycles. The van der Waals surface area contributed by atoms with Crippen molar-refractivity contribution in [2.45, 2.75) is 51.5 Å². The fourth-order valence-corrected chi connectivity index (χ4v) is 2.89. The third-order valence-corrected chi connectivity index (χ3v) is 4.14. The van der Waals surface area contributed by atoms with Crippen LogP contribution in [0.5, 0.6) is 0 Å². The lowest BCUT2D eigenvalue weighted by atomic mass is 10.2. The first-order valence-electron chi connectivity index (χ1n) is 8.68. The molecule has 1 aromatic rings. The molecule has 2 atom stereocenters. The van der Waals surface area contributed by atoms with Gasteiger partial charge in [0, 0.05) is 11.8 Å². The number of amides is 1. The normalized spacial score (nSPS) is 20.1. The number of halogens is 1. The van der Waals surface area contributed by atoms with E-state index in [9.17, 15) is 9.59 Å². The lowest BCUT2D eigenvalue weighted by Crippen LogP contribution is -2.44. The maximum Gasteiger partial charge on any atom is 0.411 e. The van der Waals surface area contributed by atoms with Crippen LogP contribution in [-0.4, -0.2) is 53.2 Å². The van der Waals surface area contributed by atoms with Crippen LogP contribution in [0.3, 0.4) is 0 Å². The minimum atomic E-state index is -0.700. The number of esters is 1. The minimum Gasteiger partial charge on any atom is -0.459 e. The predicted molar refractivity (Wildman–Crippen MR) is 101 cm³/mol. The van der Waals surface area contributed by atoms with Crippen molar-refractivity contribution in [1.29, 1.82) is 0 Å². The number of alkyl halides is 1. The van der Waals surface area contributed by atoms with E-state index in [4.69, 9.17) is 14.2 Å². The highest BCUT2D eigenvalue weighted by Crippen LogP contribution is 2.24. The number of rotatable bonds is 6. The van der Waals surface area contributed by atoms with Crippen LogP contribution in [0, 0.1) is 0 Å². The number of benzene rings is 1. The van der Waals surface area contributed by atoms with Crippen LogP contribution >= 0.6 is 15.9 Å². The molecule has 1 aromatic carbocycles. The third-order valence-electron chi connectivity index (χ3n) is 3.82. The Balaban J connectivity index is 2.02. The van der Waals surface area contributed by atoms with Crippen molar-refractivity contribution in [2.24, 2.45) is 0 Å².